The van der Waals surface area contributed by atoms with Crippen molar-refractivity contribution in [3.8, 4) is 11.5 Å². The summed E-state index contributed by atoms with van der Waals surface area (Å²) in [7, 11) is 1.32. The highest BCUT2D eigenvalue weighted by molar-refractivity contribution is 6.11. The third-order valence-corrected chi connectivity index (χ3v) is 6.13. The second-order valence-corrected chi connectivity index (χ2v) is 8.26. The molecular weight excluding hydrogens is 420 g/mol. The Hall–Kier alpha value is -3.48. The largest absolute Gasteiger partial charge is 0.490 e. The number of rotatable bonds is 6. The van der Waals surface area contributed by atoms with Gasteiger partial charge in [-0.3, -0.25) is 9.59 Å². The fourth-order valence-corrected chi connectivity index (χ4v) is 4.63. The normalized spacial score (nSPS) is 21.7. The lowest BCUT2D eigenvalue weighted by Crippen LogP contribution is -2.39. The number of Topliss-reactive ketones (excluding diaryl/α,β-unsaturated/α-hetero) is 1. The van der Waals surface area contributed by atoms with E-state index in [1.54, 1.807) is 0 Å². The zero-order valence-electron chi connectivity index (χ0n) is 19.4. The summed E-state index contributed by atoms with van der Waals surface area (Å²) in [5.74, 6) is -0.467. The van der Waals surface area contributed by atoms with Crippen molar-refractivity contribution in [3.05, 3.63) is 59.3 Å². The van der Waals surface area contributed by atoms with Crippen LogP contribution in [0.1, 0.15) is 38.8 Å². The van der Waals surface area contributed by atoms with Crippen LogP contribution in [0.15, 0.2) is 53.7 Å². The molecule has 0 radical (unpaired) electrons. The van der Waals surface area contributed by atoms with Gasteiger partial charge in [0.05, 0.1) is 37.7 Å². The molecule has 0 bridgehead atoms. The van der Waals surface area contributed by atoms with Gasteiger partial charge in [-0.25, -0.2) is 0 Å². The average molecular weight is 451 g/mol. The minimum Gasteiger partial charge on any atom is -0.490 e. The third-order valence-electron chi connectivity index (χ3n) is 6.13. The van der Waals surface area contributed by atoms with Crippen LogP contribution in [0.5, 0.6) is 11.5 Å². The summed E-state index contributed by atoms with van der Waals surface area (Å²) in [6.07, 6.45) is 0.558. The van der Waals surface area contributed by atoms with Gasteiger partial charge in [-0.2, -0.15) is 0 Å². The van der Waals surface area contributed by atoms with Gasteiger partial charge in [0.1, 0.15) is 5.92 Å². The molecule has 174 valence electrons. The van der Waals surface area contributed by atoms with Gasteiger partial charge in [0.25, 0.3) is 0 Å². The quantitative estimate of drug-likeness (QED) is 0.487. The second kappa shape index (κ2) is 9.57. The Kier molecular flexibility index (Phi) is 6.58. The van der Waals surface area contributed by atoms with Crippen LogP contribution in [0.2, 0.25) is 0 Å². The van der Waals surface area contributed by atoms with Crippen molar-refractivity contribution in [3.63, 3.8) is 0 Å². The van der Waals surface area contributed by atoms with Crippen LogP contribution in [-0.4, -0.2) is 32.1 Å². The Balaban J connectivity index is 1.86. The molecule has 0 amide bonds. The maximum atomic E-state index is 13.7. The number of fused-ring (bicyclic) bond motifs is 1. The first-order valence-corrected chi connectivity index (χ1v) is 11.4. The number of nitrogens with one attached hydrogen (secondary N) is 2. The monoisotopic (exact) mass is 450 g/mol. The topological polar surface area (TPSA) is 85.9 Å². The molecule has 2 aliphatic rings. The Morgan fingerprint density at radius 1 is 1.03 bits per heavy atom. The molecule has 0 fully saturated rings. The lowest BCUT2D eigenvalue weighted by Gasteiger charge is -2.32. The molecule has 7 heteroatoms. The zero-order valence-corrected chi connectivity index (χ0v) is 19.4. The number of methoxy groups -OCH3 is 1. The predicted octanol–water partition coefficient (Wildman–Crippen LogP) is 4.71. The molecule has 0 spiro atoms. The van der Waals surface area contributed by atoms with Crippen molar-refractivity contribution in [1.82, 2.24) is 0 Å². The van der Waals surface area contributed by atoms with Gasteiger partial charge in [-0.1, -0.05) is 25.1 Å². The summed E-state index contributed by atoms with van der Waals surface area (Å²) in [5, 5.41) is 6.99. The lowest BCUT2D eigenvalue weighted by molar-refractivity contribution is -0.151. The van der Waals surface area contributed by atoms with Crippen LogP contribution in [0.25, 0.3) is 0 Å². The smallest absolute Gasteiger partial charge is 0.316 e. The molecule has 0 saturated carbocycles. The molecule has 1 heterocycles. The minimum atomic E-state index is -0.838. The number of benzene rings is 2. The number of esters is 1. The van der Waals surface area contributed by atoms with E-state index >= 15 is 0 Å². The Morgan fingerprint density at radius 3 is 2.42 bits per heavy atom. The number of ether oxygens (including phenoxy) is 3. The van der Waals surface area contributed by atoms with Crippen molar-refractivity contribution in [1.29, 1.82) is 0 Å². The van der Waals surface area contributed by atoms with Crippen LogP contribution >= 0.6 is 0 Å². The number of allylic oxidation sites excluding steroid dienone is 1. The average Bonchev–Trinajstić information content (AvgIpc) is 2.97. The van der Waals surface area contributed by atoms with Gasteiger partial charge in [-0.05, 0) is 56.0 Å². The zero-order chi connectivity index (χ0) is 23.5. The minimum absolute atomic E-state index is 0.179. The molecule has 1 aliphatic carbocycles. The fraction of sp³-hybridized carbons (Fsp3) is 0.385. The van der Waals surface area contributed by atoms with E-state index < -0.39 is 17.9 Å². The summed E-state index contributed by atoms with van der Waals surface area (Å²) in [6.45, 7) is 6.76. The third kappa shape index (κ3) is 4.27. The van der Waals surface area contributed by atoms with Gasteiger partial charge in [0, 0.05) is 11.3 Å². The first-order chi connectivity index (χ1) is 16.0. The summed E-state index contributed by atoms with van der Waals surface area (Å²) in [5.41, 5.74) is 3.98. The van der Waals surface area contributed by atoms with Crippen molar-refractivity contribution in [2.24, 2.45) is 11.8 Å². The highest BCUT2D eigenvalue weighted by atomic mass is 16.5. The van der Waals surface area contributed by atoms with Gasteiger partial charge in [0.15, 0.2) is 17.3 Å². The Labute approximate surface area is 194 Å². The summed E-state index contributed by atoms with van der Waals surface area (Å²) >= 11 is 0. The van der Waals surface area contributed by atoms with E-state index in [1.807, 2.05) is 63.2 Å². The summed E-state index contributed by atoms with van der Waals surface area (Å²) < 4.78 is 16.5. The summed E-state index contributed by atoms with van der Waals surface area (Å²) in [4.78, 5) is 26.3. The van der Waals surface area contributed by atoms with Crippen LogP contribution in [-0.2, 0) is 14.3 Å². The molecular formula is C26H30N2O5. The lowest BCUT2D eigenvalue weighted by atomic mass is 9.75. The van der Waals surface area contributed by atoms with E-state index in [0.717, 1.165) is 22.6 Å². The predicted molar refractivity (Wildman–Crippen MR) is 127 cm³/mol. The highest BCUT2D eigenvalue weighted by Gasteiger charge is 2.44. The first kappa shape index (κ1) is 22.7. The molecule has 4 rings (SSSR count). The maximum Gasteiger partial charge on any atom is 0.316 e. The van der Waals surface area contributed by atoms with Crippen molar-refractivity contribution in [2.75, 3.05) is 31.0 Å². The highest BCUT2D eigenvalue weighted by Crippen LogP contribution is 2.45. The first-order valence-electron chi connectivity index (χ1n) is 11.4. The number of carbonyl (C=O) groups is 2. The van der Waals surface area contributed by atoms with Gasteiger partial charge < -0.3 is 24.8 Å². The SMILES string of the molecule is CCOc1ccc(C2Nc3ccccc3NC3=C2C(=O)C(C(=O)OC)C(C)C3)cc1OCC. The van der Waals surface area contributed by atoms with Crippen molar-refractivity contribution < 1.29 is 23.8 Å². The van der Waals surface area contributed by atoms with Gasteiger partial charge >= 0.3 is 5.97 Å². The van der Waals surface area contributed by atoms with E-state index in [-0.39, 0.29) is 11.7 Å². The Bertz CT molecular complexity index is 1090. The van der Waals surface area contributed by atoms with Gasteiger partial charge in [0.2, 0.25) is 0 Å². The molecule has 3 unspecified atom stereocenters. The molecule has 7 nitrogen and oxygen atoms in total. The number of hydrogen-bond donors (Lipinski definition) is 2. The fourth-order valence-electron chi connectivity index (χ4n) is 4.63. The van der Waals surface area contributed by atoms with Crippen LogP contribution in [0, 0.1) is 11.8 Å². The van der Waals surface area contributed by atoms with Crippen molar-refractivity contribution >= 4 is 23.1 Å². The molecule has 2 aromatic carbocycles. The van der Waals surface area contributed by atoms with Gasteiger partial charge in [-0.15, -0.1) is 0 Å². The van der Waals surface area contributed by atoms with E-state index in [1.165, 1.54) is 7.11 Å². The molecule has 1 aliphatic heterocycles. The number of hydrogen-bond acceptors (Lipinski definition) is 7. The number of anilines is 2. The van der Waals surface area contributed by atoms with Crippen molar-refractivity contribution in [2.45, 2.75) is 33.2 Å². The van der Waals surface area contributed by atoms with E-state index in [4.69, 9.17) is 14.2 Å². The number of carbonyl (C=O) groups excluding carboxylic acids is 2. The van der Waals surface area contributed by atoms with Crippen LogP contribution in [0.3, 0.4) is 0 Å². The van der Waals surface area contributed by atoms with E-state index in [9.17, 15) is 9.59 Å². The number of ketones is 1. The molecule has 3 atom stereocenters. The molecule has 0 aromatic heterocycles. The standard InChI is InChI=1S/C26H30N2O5/c1-5-32-20-12-11-16(14-21(20)33-6-2)24-23-19(27-17-9-7-8-10-18(17)28-24)13-15(3)22(25(23)29)26(30)31-4/h7-12,14-15,22,24,27-28H,5-6,13H2,1-4H3. The van der Waals surface area contributed by atoms with E-state index in [0.29, 0.717) is 36.7 Å². The second-order valence-electron chi connectivity index (χ2n) is 8.26. The molecule has 2 N–H and O–H groups in total. The molecule has 0 saturated heterocycles. The summed E-state index contributed by atoms with van der Waals surface area (Å²) in [6, 6.07) is 13.1. The molecule has 2 aromatic rings. The van der Waals surface area contributed by atoms with E-state index in [2.05, 4.69) is 10.6 Å². The Morgan fingerprint density at radius 2 is 1.73 bits per heavy atom. The van der Waals surface area contributed by atoms with Crippen LogP contribution in [0.4, 0.5) is 11.4 Å². The number of para-hydroxylation sites is 2. The maximum absolute atomic E-state index is 13.7. The molecule has 33 heavy (non-hydrogen) atoms. The van der Waals surface area contributed by atoms with Crippen LogP contribution < -0.4 is 20.1 Å².